The average molecular weight is 187 g/mol. The van der Waals surface area contributed by atoms with E-state index in [1.165, 1.54) is 0 Å². The largest absolute Gasteiger partial charge is 0.477 e. The van der Waals surface area contributed by atoms with E-state index in [1.54, 1.807) is 12.2 Å². The number of para-hydroxylation sites is 1. The van der Waals surface area contributed by atoms with Crippen LogP contribution in [0.1, 0.15) is 5.56 Å². The molecule has 0 radical (unpaired) electrons. The molecule has 3 heteroatoms. The summed E-state index contributed by atoms with van der Waals surface area (Å²) in [6, 6.07) is 7.56. The van der Waals surface area contributed by atoms with Crippen LogP contribution in [-0.2, 0) is 4.79 Å². The zero-order valence-corrected chi connectivity index (χ0v) is 7.40. The Bertz CT molecular complexity index is 433. The van der Waals surface area contributed by atoms with E-state index in [1.807, 2.05) is 30.3 Å². The quantitative estimate of drug-likeness (QED) is 0.707. The Labute approximate surface area is 81.4 Å². The molecule has 2 N–H and O–H groups in total. The van der Waals surface area contributed by atoms with E-state index in [0.717, 1.165) is 11.3 Å². The maximum Gasteiger partial charge on any atom is 0.352 e. The first-order valence-corrected chi connectivity index (χ1v) is 4.25. The van der Waals surface area contributed by atoms with E-state index in [2.05, 4.69) is 5.32 Å². The van der Waals surface area contributed by atoms with Gasteiger partial charge in [-0.25, -0.2) is 4.79 Å². The van der Waals surface area contributed by atoms with Gasteiger partial charge in [-0.2, -0.15) is 0 Å². The number of nitrogens with one attached hydrogen (secondary N) is 1. The number of carboxylic acid groups (broad SMARTS) is 1. The van der Waals surface area contributed by atoms with Crippen molar-refractivity contribution in [2.75, 3.05) is 5.32 Å². The van der Waals surface area contributed by atoms with Crippen molar-refractivity contribution in [1.29, 1.82) is 0 Å². The summed E-state index contributed by atoms with van der Waals surface area (Å²) in [5.74, 6) is -0.952. The second-order valence-corrected chi connectivity index (χ2v) is 2.96. The topological polar surface area (TPSA) is 49.3 Å². The number of carboxylic acids is 1. The standard InChI is InChI=1S/C11H9NO2/c13-11(14)10-7-3-5-8-4-1-2-6-9(8)12-10/h1-7,12H,(H,13,14). The summed E-state index contributed by atoms with van der Waals surface area (Å²) < 4.78 is 0. The maximum absolute atomic E-state index is 10.8. The molecule has 2 rings (SSSR count). The SMILES string of the molecule is O=C(O)C1=CC=Cc2ccccc2N1. The summed E-state index contributed by atoms with van der Waals surface area (Å²) in [6.45, 7) is 0. The first-order valence-electron chi connectivity index (χ1n) is 4.25. The van der Waals surface area contributed by atoms with E-state index in [4.69, 9.17) is 5.11 Å². The summed E-state index contributed by atoms with van der Waals surface area (Å²) in [5, 5.41) is 11.7. The summed E-state index contributed by atoms with van der Waals surface area (Å²) >= 11 is 0. The Morgan fingerprint density at radius 3 is 2.86 bits per heavy atom. The van der Waals surface area contributed by atoms with Crippen LogP contribution < -0.4 is 5.32 Å². The van der Waals surface area contributed by atoms with Gasteiger partial charge < -0.3 is 10.4 Å². The summed E-state index contributed by atoms with van der Waals surface area (Å²) in [6.07, 6.45) is 5.14. The molecule has 0 atom stereocenters. The molecule has 3 nitrogen and oxygen atoms in total. The number of fused-ring (bicyclic) bond motifs is 1. The highest BCUT2D eigenvalue weighted by atomic mass is 16.4. The molecule has 0 aliphatic carbocycles. The summed E-state index contributed by atoms with van der Waals surface area (Å²) in [7, 11) is 0. The van der Waals surface area contributed by atoms with Crippen molar-refractivity contribution in [3.05, 3.63) is 47.7 Å². The van der Waals surface area contributed by atoms with Crippen molar-refractivity contribution < 1.29 is 9.90 Å². The van der Waals surface area contributed by atoms with Gasteiger partial charge >= 0.3 is 5.97 Å². The number of aliphatic carboxylic acids is 1. The molecule has 14 heavy (non-hydrogen) atoms. The molecule has 0 unspecified atom stereocenters. The Balaban J connectivity index is 2.42. The molecule has 0 aromatic heterocycles. The third-order valence-electron chi connectivity index (χ3n) is 2.00. The number of hydrogen-bond donors (Lipinski definition) is 2. The van der Waals surface area contributed by atoms with Gasteiger partial charge in [0.25, 0.3) is 0 Å². The lowest BCUT2D eigenvalue weighted by atomic mass is 10.2. The minimum Gasteiger partial charge on any atom is -0.477 e. The second-order valence-electron chi connectivity index (χ2n) is 2.96. The van der Waals surface area contributed by atoms with E-state index >= 15 is 0 Å². The fourth-order valence-electron chi connectivity index (χ4n) is 1.32. The third kappa shape index (κ3) is 1.52. The molecule has 70 valence electrons. The molecule has 0 fully saturated rings. The molecule has 1 aromatic carbocycles. The minimum absolute atomic E-state index is 0.186. The second kappa shape index (κ2) is 3.38. The first-order chi connectivity index (χ1) is 6.77. The highest BCUT2D eigenvalue weighted by Crippen LogP contribution is 2.21. The van der Waals surface area contributed by atoms with Crippen LogP contribution in [-0.4, -0.2) is 11.1 Å². The number of hydrogen-bond acceptors (Lipinski definition) is 2. The van der Waals surface area contributed by atoms with Gasteiger partial charge in [-0.1, -0.05) is 30.4 Å². The van der Waals surface area contributed by atoms with Crippen LogP contribution in [0.15, 0.2) is 42.1 Å². The lowest BCUT2D eigenvalue weighted by molar-refractivity contribution is -0.132. The van der Waals surface area contributed by atoms with E-state index in [-0.39, 0.29) is 5.70 Å². The van der Waals surface area contributed by atoms with Gasteiger partial charge in [0, 0.05) is 5.69 Å². The average Bonchev–Trinajstić information content (AvgIpc) is 2.39. The predicted molar refractivity (Wildman–Crippen MR) is 54.8 cm³/mol. The van der Waals surface area contributed by atoms with Crippen molar-refractivity contribution >= 4 is 17.7 Å². The minimum atomic E-state index is -0.952. The summed E-state index contributed by atoms with van der Waals surface area (Å²) in [4.78, 5) is 10.8. The molecule has 0 spiro atoms. The molecular weight excluding hydrogens is 178 g/mol. The Kier molecular flexibility index (Phi) is 2.07. The molecule has 1 heterocycles. The van der Waals surface area contributed by atoms with E-state index in [9.17, 15) is 4.79 Å². The van der Waals surface area contributed by atoms with Gasteiger partial charge in [0.15, 0.2) is 0 Å². The summed E-state index contributed by atoms with van der Waals surface area (Å²) in [5.41, 5.74) is 1.99. The van der Waals surface area contributed by atoms with Gasteiger partial charge in [0.2, 0.25) is 0 Å². The normalized spacial score (nSPS) is 13.6. The number of allylic oxidation sites excluding steroid dienone is 2. The van der Waals surface area contributed by atoms with Gasteiger partial charge in [-0.15, -0.1) is 0 Å². The zero-order valence-electron chi connectivity index (χ0n) is 7.40. The van der Waals surface area contributed by atoms with E-state index < -0.39 is 5.97 Å². The van der Waals surface area contributed by atoms with Crippen molar-refractivity contribution in [1.82, 2.24) is 0 Å². The number of carbonyl (C=O) groups is 1. The monoisotopic (exact) mass is 187 g/mol. The van der Waals surface area contributed by atoms with Crippen molar-refractivity contribution in [2.24, 2.45) is 0 Å². The highest BCUT2D eigenvalue weighted by molar-refractivity contribution is 5.92. The van der Waals surface area contributed by atoms with Gasteiger partial charge in [-0.05, 0) is 17.7 Å². The molecule has 0 amide bonds. The van der Waals surface area contributed by atoms with Crippen molar-refractivity contribution in [3.8, 4) is 0 Å². The van der Waals surface area contributed by atoms with Crippen molar-refractivity contribution in [3.63, 3.8) is 0 Å². The lowest BCUT2D eigenvalue weighted by Crippen LogP contribution is -2.09. The maximum atomic E-state index is 10.8. The zero-order chi connectivity index (χ0) is 9.97. The van der Waals surface area contributed by atoms with Crippen LogP contribution in [0.5, 0.6) is 0 Å². The first kappa shape index (κ1) is 8.56. The fourth-order valence-corrected chi connectivity index (χ4v) is 1.32. The van der Waals surface area contributed by atoms with Gasteiger partial charge in [0.05, 0.1) is 0 Å². The molecule has 0 saturated carbocycles. The molecule has 0 saturated heterocycles. The number of anilines is 1. The highest BCUT2D eigenvalue weighted by Gasteiger charge is 2.09. The molecule has 1 aliphatic rings. The molecule has 0 bridgehead atoms. The van der Waals surface area contributed by atoms with Crippen LogP contribution >= 0.6 is 0 Å². The number of rotatable bonds is 1. The van der Waals surface area contributed by atoms with Gasteiger partial charge in [-0.3, -0.25) is 0 Å². The van der Waals surface area contributed by atoms with Crippen molar-refractivity contribution in [2.45, 2.75) is 0 Å². The van der Waals surface area contributed by atoms with Crippen LogP contribution in [0.25, 0.3) is 6.08 Å². The Morgan fingerprint density at radius 2 is 2.07 bits per heavy atom. The smallest absolute Gasteiger partial charge is 0.352 e. The Hall–Kier alpha value is -2.03. The van der Waals surface area contributed by atoms with E-state index in [0.29, 0.717) is 0 Å². The van der Waals surface area contributed by atoms with Gasteiger partial charge in [0.1, 0.15) is 5.70 Å². The molecular formula is C11H9NO2. The fraction of sp³-hybridized carbons (Fsp3) is 0. The molecule has 1 aliphatic heterocycles. The van der Waals surface area contributed by atoms with Crippen LogP contribution in [0.3, 0.4) is 0 Å². The van der Waals surface area contributed by atoms with Crippen LogP contribution in [0.2, 0.25) is 0 Å². The van der Waals surface area contributed by atoms with Crippen LogP contribution in [0.4, 0.5) is 5.69 Å². The Morgan fingerprint density at radius 1 is 1.29 bits per heavy atom. The molecule has 1 aromatic rings. The van der Waals surface area contributed by atoms with Crippen LogP contribution in [0, 0.1) is 0 Å². The number of benzene rings is 1. The third-order valence-corrected chi connectivity index (χ3v) is 2.00. The lowest BCUT2D eigenvalue weighted by Gasteiger charge is -2.07. The predicted octanol–water partition coefficient (Wildman–Crippen LogP) is 2.09.